The van der Waals surface area contributed by atoms with Crippen molar-refractivity contribution >= 4 is 11.4 Å². The quantitative estimate of drug-likeness (QED) is 0.528. The fourth-order valence-electron chi connectivity index (χ4n) is 1.02. The number of benzene rings is 1. The molecule has 0 aliphatic carbocycles. The van der Waals surface area contributed by atoms with E-state index < -0.39 is 0 Å². The van der Waals surface area contributed by atoms with E-state index in [1.165, 1.54) is 0 Å². The van der Waals surface area contributed by atoms with Crippen LogP contribution in [0, 0.1) is 0 Å². The molecule has 1 saturated heterocycles. The van der Waals surface area contributed by atoms with Crippen LogP contribution in [0.3, 0.4) is 0 Å². The largest absolute Gasteiger partial charge is 0.489 e. The van der Waals surface area contributed by atoms with Crippen molar-refractivity contribution < 1.29 is 9.47 Å². The van der Waals surface area contributed by atoms with Gasteiger partial charge in [-0.1, -0.05) is 0 Å². The van der Waals surface area contributed by atoms with Crippen molar-refractivity contribution in [1.29, 1.82) is 0 Å². The van der Waals surface area contributed by atoms with E-state index in [1.54, 1.807) is 18.2 Å². The number of nitrogens with two attached hydrogens (primary N) is 2. The number of ether oxygens (including phenoxy) is 2. The standard InChI is InChI=1S/C9H12N2O2/c10-6-1-2-8(11)9(3-6)13-5-7-4-12-7/h1-3,7H,4-5,10-11H2. The summed E-state index contributed by atoms with van der Waals surface area (Å²) in [7, 11) is 0. The molecule has 1 aliphatic rings. The molecule has 4 N–H and O–H groups in total. The first-order chi connectivity index (χ1) is 6.25. The van der Waals surface area contributed by atoms with Gasteiger partial charge in [-0.15, -0.1) is 0 Å². The minimum absolute atomic E-state index is 0.237. The Hall–Kier alpha value is -1.42. The molecule has 1 atom stereocenters. The summed E-state index contributed by atoms with van der Waals surface area (Å²) in [6, 6.07) is 5.20. The Morgan fingerprint density at radius 3 is 2.92 bits per heavy atom. The van der Waals surface area contributed by atoms with Crippen molar-refractivity contribution in [3.8, 4) is 5.75 Å². The van der Waals surface area contributed by atoms with Gasteiger partial charge in [-0.25, -0.2) is 0 Å². The molecule has 2 rings (SSSR count). The Kier molecular flexibility index (Phi) is 1.98. The summed E-state index contributed by atoms with van der Waals surface area (Å²) in [6.07, 6.45) is 0.237. The molecule has 0 amide bonds. The lowest BCUT2D eigenvalue weighted by Gasteiger charge is -2.07. The number of hydrogen-bond acceptors (Lipinski definition) is 4. The first-order valence-electron chi connectivity index (χ1n) is 4.15. The topological polar surface area (TPSA) is 73.8 Å². The highest BCUT2D eigenvalue weighted by atomic mass is 16.6. The van der Waals surface area contributed by atoms with E-state index in [2.05, 4.69) is 0 Å². The molecule has 4 nitrogen and oxygen atoms in total. The second-order valence-electron chi connectivity index (χ2n) is 3.06. The molecule has 0 aromatic heterocycles. The second-order valence-corrected chi connectivity index (χ2v) is 3.06. The summed E-state index contributed by atoms with van der Waals surface area (Å²) in [5, 5.41) is 0. The Morgan fingerprint density at radius 1 is 1.46 bits per heavy atom. The summed E-state index contributed by atoms with van der Waals surface area (Å²) in [5.74, 6) is 0.635. The zero-order valence-electron chi connectivity index (χ0n) is 7.19. The van der Waals surface area contributed by atoms with Crippen LogP contribution in [0.4, 0.5) is 11.4 Å². The number of anilines is 2. The summed E-state index contributed by atoms with van der Waals surface area (Å²) < 4.78 is 10.4. The molecule has 1 aromatic carbocycles. The van der Waals surface area contributed by atoms with Crippen LogP contribution < -0.4 is 16.2 Å². The van der Waals surface area contributed by atoms with Gasteiger partial charge in [0, 0.05) is 11.8 Å². The van der Waals surface area contributed by atoms with Gasteiger partial charge in [0.05, 0.1) is 12.3 Å². The fourth-order valence-corrected chi connectivity index (χ4v) is 1.02. The molecule has 1 fully saturated rings. The Morgan fingerprint density at radius 2 is 2.23 bits per heavy atom. The molecule has 0 radical (unpaired) electrons. The molecule has 1 unspecified atom stereocenters. The maximum atomic E-state index is 5.67. The maximum absolute atomic E-state index is 5.67. The van der Waals surface area contributed by atoms with E-state index >= 15 is 0 Å². The van der Waals surface area contributed by atoms with Crippen LogP contribution in [-0.2, 0) is 4.74 Å². The molecule has 4 heteroatoms. The lowest BCUT2D eigenvalue weighted by atomic mass is 10.2. The van der Waals surface area contributed by atoms with E-state index in [0.717, 1.165) is 6.61 Å². The van der Waals surface area contributed by atoms with Crippen molar-refractivity contribution in [3.63, 3.8) is 0 Å². The highest BCUT2D eigenvalue weighted by Crippen LogP contribution is 2.24. The van der Waals surface area contributed by atoms with E-state index in [1.807, 2.05) is 0 Å². The first-order valence-corrected chi connectivity index (χ1v) is 4.15. The third-order valence-electron chi connectivity index (χ3n) is 1.86. The van der Waals surface area contributed by atoms with Crippen LogP contribution in [0.15, 0.2) is 18.2 Å². The predicted molar refractivity (Wildman–Crippen MR) is 50.5 cm³/mol. The maximum Gasteiger partial charge on any atom is 0.144 e. The highest BCUT2D eigenvalue weighted by Gasteiger charge is 2.23. The Bertz CT molecular complexity index is 310. The van der Waals surface area contributed by atoms with Crippen molar-refractivity contribution in [2.24, 2.45) is 0 Å². The van der Waals surface area contributed by atoms with Gasteiger partial charge in [-0.3, -0.25) is 0 Å². The van der Waals surface area contributed by atoms with Crippen LogP contribution in [0.2, 0.25) is 0 Å². The average molecular weight is 180 g/mol. The van der Waals surface area contributed by atoms with Gasteiger partial charge in [-0.2, -0.15) is 0 Å². The molecule has 1 heterocycles. The number of nitrogen functional groups attached to an aromatic ring is 2. The van der Waals surface area contributed by atoms with Crippen molar-refractivity contribution in [1.82, 2.24) is 0 Å². The van der Waals surface area contributed by atoms with Gasteiger partial charge in [-0.05, 0) is 12.1 Å². The molecule has 13 heavy (non-hydrogen) atoms. The normalized spacial score (nSPS) is 19.8. The van der Waals surface area contributed by atoms with Gasteiger partial charge >= 0.3 is 0 Å². The van der Waals surface area contributed by atoms with Crippen LogP contribution in [0.5, 0.6) is 5.75 Å². The second kappa shape index (κ2) is 3.14. The number of hydrogen-bond donors (Lipinski definition) is 2. The molecule has 0 saturated carbocycles. The van der Waals surface area contributed by atoms with E-state index in [-0.39, 0.29) is 6.10 Å². The van der Waals surface area contributed by atoms with Crippen LogP contribution in [0.25, 0.3) is 0 Å². The summed E-state index contributed by atoms with van der Waals surface area (Å²) in [5.41, 5.74) is 12.5. The lowest BCUT2D eigenvalue weighted by Crippen LogP contribution is -2.06. The first kappa shape index (κ1) is 8.19. The Labute approximate surface area is 76.4 Å². The zero-order chi connectivity index (χ0) is 9.26. The molecular weight excluding hydrogens is 168 g/mol. The summed E-state index contributed by atoms with van der Waals surface area (Å²) in [4.78, 5) is 0. The van der Waals surface area contributed by atoms with Gasteiger partial charge in [0.25, 0.3) is 0 Å². The predicted octanol–water partition coefficient (Wildman–Crippen LogP) is 0.629. The smallest absolute Gasteiger partial charge is 0.144 e. The summed E-state index contributed by atoms with van der Waals surface area (Å²) in [6.45, 7) is 1.33. The monoisotopic (exact) mass is 180 g/mol. The number of rotatable bonds is 3. The minimum atomic E-state index is 0.237. The van der Waals surface area contributed by atoms with Gasteiger partial charge < -0.3 is 20.9 Å². The molecule has 70 valence electrons. The molecular formula is C9H12N2O2. The van der Waals surface area contributed by atoms with Crippen molar-refractivity contribution in [2.75, 3.05) is 24.7 Å². The van der Waals surface area contributed by atoms with Gasteiger partial charge in [0.1, 0.15) is 18.5 Å². The third-order valence-corrected chi connectivity index (χ3v) is 1.86. The average Bonchev–Trinajstić information content (AvgIpc) is 2.90. The van der Waals surface area contributed by atoms with Crippen molar-refractivity contribution in [2.45, 2.75) is 6.10 Å². The van der Waals surface area contributed by atoms with E-state index in [4.69, 9.17) is 20.9 Å². The minimum Gasteiger partial charge on any atom is -0.489 e. The molecule has 1 aromatic rings. The fraction of sp³-hybridized carbons (Fsp3) is 0.333. The third kappa shape index (κ3) is 2.03. The van der Waals surface area contributed by atoms with Crippen LogP contribution in [-0.4, -0.2) is 19.3 Å². The SMILES string of the molecule is Nc1ccc(N)c(OCC2CO2)c1. The van der Waals surface area contributed by atoms with Crippen LogP contribution >= 0.6 is 0 Å². The lowest BCUT2D eigenvalue weighted by molar-refractivity contribution is 0.264. The van der Waals surface area contributed by atoms with Crippen LogP contribution in [0.1, 0.15) is 0 Å². The van der Waals surface area contributed by atoms with E-state index in [9.17, 15) is 0 Å². The number of epoxide rings is 1. The highest BCUT2D eigenvalue weighted by molar-refractivity contribution is 5.59. The summed E-state index contributed by atoms with van der Waals surface area (Å²) >= 11 is 0. The zero-order valence-corrected chi connectivity index (χ0v) is 7.19. The molecule has 1 aliphatic heterocycles. The van der Waals surface area contributed by atoms with Gasteiger partial charge in [0.15, 0.2) is 0 Å². The van der Waals surface area contributed by atoms with Gasteiger partial charge in [0.2, 0.25) is 0 Å². The van der Waals surface area contributed by atoms with Crippen molar-refractivity contribution in [3.05, 3.63) is 18.2 Å². The Balaban J connectivity index is 2.03. The van der Waals surface area contributed by atoms with E-state index in [0.29, 0.717) is 23.7 Å². The molecule has 0 bridgehead atoms. The molecule has 0 spiro atoms.